The van der Waals surface area contributed by atoms with Crippen molar-refractivity contribution in [1.82, 2.24) is 9.88 Å². The molecule has 1 saturated heterocycles. The van der Waals surface area contributed by atoms with Crippen LogP contribution in [-0.2, 0) is 26.3 Å². The highest BCUT2D eigenvalue weighted by Gasteiger charge is 2.52. The van der Waals surface area contributed by atoms with Crippen LogP contribution < -0.4 is 14.8 Å². The number of esters is 1. The number of anilines is 1. The summed E-state index contributed by atoms with van der Waals surface area (Å²) in [5, 5.41) is 2.87. The van der Waals surface area contributed by atoms with Crippen molar-refractivity contribution in [3.05, 3.63) is 47.8 Å². The second kappa shape index (κ2) is 8.05. The lowest BCUT2D eigenvalue weighted by atomic mass is 9.96. The lowest BCUT2D eigenvalue weighted by Crippen LogP contribution is -2.39. The second-order valence-corrected chi connectivity index (χ2v) is 8.41. The summed E-state index contributed by atoms with van der Waals surface area (Å²) >= 11 is 0. The molecule has 2 aliphatic heterocycles. The second-order valence-electron chi connectivity index (χ2n) is 8.41. The maximum Gasteiger partial charge on any atom is 0.316 e. The first-order valence-corrected chi connectivity index (χ1v) is 10.6. The summed E-state index contributed by atoms with van der Waals surface area (Å²) in [5.41, 5.74) is 1.53. The Hall–Kier alpha value is -3.20. The number of aromatic nitrogens is 1. The van der Waals surface area contributed by atoms with E-state index in [0.717, 1.165) is 18.4 Å². The number of halogens is 1. The Bertz CT molecular complexity index is 1040. The molecule has 1 aromatic heterocycles. The number of nitrogens with zero attached hydrogens (tertiary/aromatic N) is 2. The molecule has 0 unspecified atom stereocenters. The van der Waals surface area contributed by atoms with E-state index in [4.69, 9.17) is 14.2 Å². The number of hydrogen-bond donors (Lipinski definition) is 1. The van der Waals surface area contributed by atoms with Crippen LogP contribution in [0.15, 0.2) is 36.5 Å². The van der Waals surface area contributed by atoms with Crippen molar-refractivity contribution in [1.29, 1.82) is 0 Å². The van der Waals surface area contributed by atoms with Crippen molar-refractivity contribution in [2.24, 2.45) is 0 Å². The summed E-state index contributed by atoms with van der Waals surface area (Å²) in [7, 11) is 1.39. The van der Waals surface area contributed by atoms with Gasteiger partial charge in [-0.25, -0.2) is 4.39 Å². The smallest absolute Gasteiger partial charge is 0.316 e. The molecule has 9 heteroatoms. The van der Waals surface area contributed by atoms with Gasteiger partial charge in [0, 0.05) is 37.5 Å². The van der Waals surface area contributed by atoms with Crippen LogP contribution in [0, 0.1) is 0 Å². The van der Waals surface area contributed by atoms with Gasteiger partial charge >= 0.3 is 5.97 Å². The SMILES string of the molecule is COC(=O)C1(c2ccc(NC(=O)[C@H]3C[C@H](F)CN3Cc3nccc4c3OCO4)cc2)CC1. The van der Waals surface area contributed by atoms with Gasteiger partial charge in [-0.15, -0.1) is 0 Å². The third kappa shape index (κ3) is 3.66. The first-order chi connectivity index (χ1) is 15.5. The monoisotopic (exact) mass is 441 g/mol. The largest absolute Gasteiger partial charge is 0.468 e. The summed E-state index contributed by atoms with van der Waals surface area (Å²) in [4.78, 5) is 31.2. The zero-order valence-corrected chi connectivity index (χ0v) is 17.7. The maximum atomic E-state index is 14.3. The minimum atomic E-state index is -1.10. The van der Waals surface area contributed by atoms with E-state index < -0.39 is 17.6 Å². The molecule has 8 nitrogen and oxygen atoms in total. The van der Waals surface area contributed by atoms with E-state index in [9.17, 15) is 14.0 Å². The first-order valence-electron chi connectivity index (χ1n) is 10.6. The lowest BCUT2D eigenvalue weighted by Gasteiger charge is -2.23. The molecule has 2 atom stereocenters. The zero-order chi connectivity index (χ0) is 22.3. The van der Waals surface area contributed by atoms with Gasteiger partial charge in [-0.05, 0) is 30.5 Å². The number of likely N-dealkylation sites (tertiary alicyclic amines) is 1. The number of rotatable bonds is 6. The molecule has 1 N–H and O–H groups in total. The Balaban J connectivity index is 1.27. The Morgan fingerprint density at radius 2 is 2.03 bits per heavy atom. The number of alkyl halides is 1. The van der Waals surface area contributed by atoms with Crippen LogP contribution >= 0.6 is 0 Å². The Morgan fingerprint density at radius 3 is 2.75 bits per heavy atom. The predicted molar refractivity (Wildman–Crippen MR) is 112 cm³/mol. The van der Waals surface area contributed by atoms with Crippen molar-refractivity contribution in [3.63, 3.8) is 0 Å². The third-order valence-corrected chi connectivity index (χ3v) is 6.40. The van der Waals surface area contributed by atoms with Crippen LogP contribution in [0.1, 0.15) is 30.5 Å². The third-order valence-electron chi connectivity index (χ3n) is 6.40. The molecule has 0 bridgehead atoms. The number of amides is 1. The van der Waals surface area contributed by atoms with E-state index >= 15 is 0 Å². The molecule has 3 aliphatic rings. The molecular weight excluding hydrogens is 417 g/mol. The summed E-state index contributed by atoms with van der Waals surface area (Å²) in [6.45, 7) is 0.549. The Labute approximate surface area is 184 Å². The van der Waals surface area contributed by atoms with Gasteiger partial charge in [-0.1, -0.05) is 12.1 Å². The van der Waals surface area contributed by atoms with Gasteiger partial charge in [0.05, 0.1) is 18.6 Å². The number of methoxy groups -OCH3 is 1. The number of carbonyl (C=O) groups excluding carboxylic acids is 2. The molecule has 2 fully saturated rings. The van der Waals surface area contributed by atoms with Gasteiger partial charge in [0.2, 0.25) is 12.7 Å². The van der Waals surface area contributed by atoms with Crippen LogP contribution in [0.4, 0.5) is 10.1 Å². The molecule has 1 saturated carbocycles. The van der Waals surface area contributed by atoms with E-state index in [1.165, 1.54) is 7.11 Å². The van der Waals surface area contributed by atoms with Crippen LogP contribution in [0.3, 0.4) is 0 Å². The van der Waals surface area contributed by atoms with E-state index in [1.54, 1.807) is 29.3 Å². The molecule has 1 aromatic carbocycles. The minimum absolute atomic E-state index is 0.113. The van der Waals surface area contributed by atoms with E-state index in [0.29, 0.717) is 22.9 Å². The fourth-order valence-electron chi connectivity index (χ4n) is 4.52. The molecule has 2 aromatic rings. The summed E-state index contributed by atoms with van der Waals surface area (Å²) in [6.07, 6.45) is 2.14. The number of nitrogens with one attached hydrogen (secondary N) is 1. The molecule has 1 aliphatic carbocycles. The Morgan fingerprint density at radius 1 is 1.25 bits per heavy atom. The summed E-state index contributed by atoms with van der Waals surface area (Å²) in [6, 6.07) is 8.28. The average Bonchev–Trinajstić information content (AvgIpc) is 3.31. The normalized spacial score (nSPS) is 23.1. The zero-order valence-electron chi connectivity index (χ0n) is 17.7. The van der Waals surface area contributed by atoms with Crippen LogP contribution in [0.25, 0.3) is 0 Å². The van der Waals surface area contributed by atoms with E-state index in [2.05, 4.69) is 10.3 Å². The highest BCUT2D eigenvalue weighted by atomic mass is 19.1. The summed E-state index contributed by atoms with van der Waals surface area (Å²) in [5.74, 6) is 0.633. The topological polar surface area (TPSA) is 90.0 Å². The van der Waals surface area contributed by atoms with Gasteiger partial charge in [0.25, 0.3) is 0 Å². The minimum Gasteiger partial charge on any atom is -0.468 e. The predicted octanol–water partition coefficient (Wildman–Crippen LogP) is 2.57. The number of ether oxygens (including phenoxy) is 3. The fraction of sp³-hybridized carbons (Fsp3) is 0.435. The maximum absolute atomic E-state index is 14.3. The van der Waals surface area contributed by atoms with Crippen molar-refractivity contribution in [3.8, 4) is 11.5 Å². The Kier molecular flexibility index (Phi) is 5.21. The van der Waals surface area contributed by atoms with E-state index in [-0.39, 0.29) is 38.2 Å². The highest BCUT2D eigenvalue weighted by molar-refractivity contribution is 5.95. The van der Waals surface area contributed by atoms with Gasteiger partial charge in [0.1, 0.15) is 11.9 Å². The van der Waals surface area contributed by atoms with Gasteiger partial charge in [-0.3, -0.25) is 19.5 Å². The summed E-state index contributed by atoms with van der Waals surface area (Å²) < 4.78 is 30.0. The number of carbonyl (C=O) groups is 2. The van der Waals surface area contributed by atoms with Crippen molar-refractivity contribution in [2.75, 3.05) is 25.8 Å². The average molecular weight is 441 g/mol. The van der Waals surface area contributed by atoms with Crippen LogP contribution in [0.2, 0.25) is 0 Å². The molecule has 168 valence electrons. The van der Waals surface area contributed by atoms with Crippen LogP contribution in [0.5, 0.6) is 11.5 Å². The number of fused-ring (bicyclic) bond motifs is 1. The quantitative estimate of drug-likeness (QED) is 0.689. The molecule has 5 rings (SSSR count). The molecular formula is C23H24FN3O5. The fourth-order valence-corrected chi connectivity index (χ4v) is 4.52. The van der Waals surface area contributed by atoms with Crippen LogP contribution in [-0.4, -0.2) is 54.4 Å². The van der Waals surface area contributed by atoms with Crippen molar-refractivity contribution in [2.45, 2.75) is 43.4 Å². The molecule has 32 heavy (non-hydrogen) atoms. The number of benzene rings is 1. The van der Waals surface area contributed by atoms with Crippen molar-refractivity contribution < 1.29 is 28.2 Å². The molecule has 1 amide bonds. The van der Waals surface area contributed by atoms with Crippen molar-refractivity contribution >= 4 is 17.6 Å². The van der Waals surface area contributed by atoms with Gasteiger partial charge in [0.15, 0.2) is 11.5 Å². The first kappa shape index (κ1) is 20.7. The molecule has 0 spiro atoms. The van der Waals surface area contributed by atoms with E-state index in [1.807, 2.05) is 12.1 Å². The molecule has 0 radical (unpaired) electrons. The lowest BCUT2D eigenvalue weighted by molar-refractivity contribution is -0.143. The molecule has 3 heterocycles. The number of hydrogen-bond acceptors (Lipinski definition) is 7. The van der Waals surface area contributed by atoms with Gasteiger partial charge in [-0.2, -0.15) is 0 Å². The standard InChI is InChI=1S/C23H24FN3O5/c1-30-22(29)23(7-8-23)14-2-4-16(5-3-14)26-21(28)18-10-15(24)11-27(18)12-17-20-19(6-9-25-17)31-13-32-20/h2-6,9,15,18H,7-8,10-13H2,1H3,(H,26,28)/t15-,18+/m0/s1. The number of pyridine rings is 1. The highest BCUT2D eigenvalue weighted by Crippen LogP contribution is 2.49. The van der Waals surface area contributed by atoms with Gasteiger partial charge < -0.3 is 19.5 Å².